The van der Waals surface area contributed by atoms with Gasteiger partial charge in [-0.15, -0.1) is 0 Å². The van der Waals surface area contributed by atoms with E-state index in [4.69, 9.17) is 11.0 Å². The second-order valence-corrected chi connectivity index (χ2v) is 4.80. The number of nitriles is 1. The quantitative estimate of drug-likeness (QED) is 0.682. The summed E-state index contributed by atoms with van der Waals surface area (Å²) in [4.78, 5) is 11.0. The van der Waals surface area contributed by atoms with Crippen LogP contribution in [0.2, 0.25) is 0 Å². The first-order valence-electron chi connectivity index (χ1n) is 5.39. The fraction of sp³-hybridized carbons (Fsp3) is 0.333. The van der Waals surface area contributed by atoms with Crippen LogP contribution in [0.4, 0.5) is 13.2 Å². The van der Waals surface area contributed by atoms with Gasteiger partial charge >= 0.3 is 11.5 Å². The molecule has 0 aliphatic heterocycles. The zero-order valence-corrected chi connectivity index (χ0v) is 11.3. The van der Waals surface area contributed by atoms with Crippen molar-refractivity contribution in [3.8, 4) is 6.07 Å². The Morgan fingerprint density at radius 3 is 2.60 bits per heavy atom. The first kappa shape index (κ1) is 16.3. The van der Waals surface area contributed by atoms with Crippen LogP contribution >= 0.6 is 11.8 Å². The molecule has 0 aromatic heterocycles. The van der Waals surface area contributed by atoms with E-state index in [-0.39, 0.29) is 40.7 Å². The van der Waals surface area contributed by atoms with Gasteiger partial charge in [-0.1, -0.05) is 6.07 Å². The van der Waals surface area contributed by atoms with Crippen LogP contribution in [0.25, 0.3) is 0 Å². The minimum Gasteiger partial charge on any atom is -0.469 e. The average Bonchev–Trinajstić information content (AvgIpc) is 2.37. The Morgan fingerprint density at radius 2 is 2.15 bits per heavy atom. The molecule has 0 aliphatic rings. The molecule has 0 spiro atoms. The van der Waals surface area contributed by atoms with E-state index in [0.29, 0.717) is 5.56 Å². The molecule has 0 bridgehead atoms. The molecule has 8 heteroatoms. The summed E-state index contributed by atoms with van der Waals surface area (Å²) in [5.74, 6) is -0.556. The maximum atomic E-state index is 12.4. The number of halogens is 3. The highest BCUT2D eigenvalue weighted by atomic mass is 32.2. The summed E-state index contributed by atoms with van der Waals surface area (Å²) in [5.41, 5.74) is 1.45. The van der Waals surface area contributed by atoms with Crippen molar-refractivity contribution in [1.29, 1.82) is 5.26 Å². The van der Waals surface area contributed by atoms with E-state index < -0.39 is 11.5 Å². The number of hydrogen-bond acceptors (Lipinski definition) is 5. The molecule has 0 fully saturated rings. The number of rotatable bonds is 4. The number of carbonyl (C=O) groups is 1. The van der Waals surface area contributed by atoms with Crippen LogP contribution in [0, 0.1) is 11.3 Å². The molecular formula is C12H11F3N2O2S. The summed E-state index contributed by atoms with van der Waals surface area (Å²) in [5, 5.41) is 9.04. The molecule has 0 aliphatic carbocycles. The summed E-state index contributed by atoms with van der Waals surface area (Å²) in [6.45, 7) is -0.137. The van der Waals surface area contributed by atoms with Crippen molar-refractivity contribution >= 4 is 17.7 Å². The summed E-state index contributed by atoms with van der Waals surface area (Å²) in [6.07, 6.45) is -0.144. The Kier molecular flexibility index (Phi) is 5.42. The summed E-state index contributed by atoms with van der Waals surface area (Å²) < 4.78 is 41.7. The molecule has 108 valence electrons. The Morgan fingerprint density at radius 1 is 1.50 bits per heavy atom. The van der Waals surface area contributed by atoms with Gasteiger partial charge < -0.3 is 10.5 Å². The van der Waals surface area contributed by atoms with E-state index in [0.717, 1.165) is 6.07 Å². The van der Waals surface area contributed by atoms with Crippen molar-refractivity contribution < 1.29 is 22.7 Å². The molecule has 0 saturated carbocycles. The van der Waals surface area contributed by atoms with Gasteiger partial charge in [0.1, 0.15) is 6.07 Å². The monoisotopic (exact) mass is 304 g/mol. The average molecular weight is 304 g/mol. The highest BCUT2D eigenvalue weighted by Crippen LogP contribution is 2.39. The van der Waals surface area contributed by atoms with Crippen LogP contribution < -0.4 is 5.73 Å². The van der Waals surface area contributed by atoms with Crippen molar-refractivity contribution in [2.24, 2.45) is 5.73 Å². The van der Waals surface area contributed by atoms with Crippen molar-refractivity contribution in [1.82, 2.24) is 0 Å². The molecular weight excluding hydrogens is 293 g/mol. The molecule has 0 radical (unpaired) electrons. The molecule has 1 aromatic carbocycles. The number of nitrogens with two attached hydrogens (primary N) is 1. The lowest BCUT2D eigenvalue weighted by molar-refractivity contribution is -0.139. The number of hydrogen-bond donors (Lipinski definition) is 1. The number of methoxy groups -OCH3 is 1. The number of carbonyl (C=O) groups excluding carboxylic acids is 1. The van der Waals surface area contributed by atoms with Crippen LogP contribution in [0.5, 0.6) is 0 Å². The summed E-state index contributed by atoms with van der Waals surface area (Å²) in [6, 6.07) is 4.23. The molecule has 20 heavy (non-hydrogen) atoms. The Labute approximate surface area is 117 Å². The molecule has 1 aromatic rings. The largest absolute Gasteiger partial charge is 0.469 e. The number of thioether (sulfide) groups is 1. The summed E-state index contributed by atoms with van der Waals surface area (Å²) >= 11 is -0.379. The third-order valence-electron chi connectivity index (χ3n) is 2.48. The fourth-order valence-electron chi connectivity index (χ4n) is 1.63. The lowest BCUT2D eigenvalue weighted by Crippen LogP contribution is -2.12. The normalized spacial score (nSPS) is 11.0. The van der Waals surface area contributed by atoms with Gasteiger partial charge in [-0.05, 0) is 29.0 Å². The number of nitrogens with zero attached hydrogens (tertiary/aromatic N) is 1. The van der Waals surface area contributed by atoms with E-state index in [1.54, 1.807) is 6.07 Å². The summed E-state index contributed by atoms with van der Waals surface area (Å²) in [7, 11) is 1.20. The van der Waals surface area contributed by atoms with Crippen molar-refractivity contribution in [3.63, 3.8) is 0 Å². The van der Waals surface area contributed by atoms with Crippen molar-refractivity contribution in [2.75, 3.05) is 7.11 Å². The van der Waals surface area contributed by atoms with Gasteiger partial charge in [0.05, 0.1) is 19.1 Å². The van der Waals surface area contributed by atoms with Crippen LogP contribution in [0.15, 0.2) is 17.0 Å². The van der Waals surface area contributed by atoms with Crippen LogP contribution in [0.3, 0.4) is 0 Å². The first-order valence-corrected chi connectivity index (χ1v) is 6.21. The minimum atomic E-state index is -4.50. The third kappa shape index (κ3) is 4.15. The number of benzene rings is 1. The highest BCUT2D eigenvalue weighted by molar-refractivity contribution is 8.00. The van der Waals surface area contributed by atoms with Gasteiger partial charge in [-0.2, -0.15) is 18.4 Å². The van der Waals surface area contributed by atoms with Gasteiger partial charge in [0, 0.05) is 11.4 Å². The maximum Gasteiger partial charge on any atom is 0.446 e. The standard InChI is InChI=1S/C12H11F3N2O2S/c1-19-11(18)4-7-2-3-10(20-12(13,14)15)9(6-17)8(7)5-16/h2-3H,4-5,16H2,1H3. The van der Waals surface area contributed by atoms with Gasteiger partial charge in [0.2, 0.25) is 0 Å². The molecule has 0 saturated heterocycles. The smallest absolute Gasteiger partial charge is 0.446 e. The SMILES string of the molecule is COC(=O)Cc1ccc(SC(F)(F)F)c(C#N)c1CN. The fourth-order valence-corrected chi connectivity index (χ4v) is 2.28. The molecule has 1 rings (SSSR count). The van der Waals surface area contributed by atoms with Gasteiger partial charge in [0.15, 0.2) is 0 Å². The van der Waals surface area contributed by atoms with Gasteiger partial charge in [-0.25, -0.2) is 0 Å². The number of ether oxygens (including phenoxy) is 1. The molecule has 0 heterocycles. The van der Waals surface area contributed by atoms with Gasteiger partial charge in [-0.3, -0.25) is 4.79 Å². The molecule has 4 nitrogen and oxygen atoms in total. The zero-order valence-electron chi connectivity index (χ0n) is 10.5. The van der Waals surface area contributed by atoms with Crippen LogP contribution in [-0.2, 0) is 22.5 Å². The Hall–Kier alpha value is -1.72. The van der Waals surface area contributed by atoms with Crippen LogP contribution in [0.1, 0.15) is 16.7 Å². The molecule has 0 atom stereocenters. The van der Waals surface area contributed by atoms with E-state index in [9.17, 15) is 18.0 Å². The topological polar surface area (TPSA) is 76.1 Å². The zero-order chi connectivity index (χ0) is 15.3. The predicted molar refractivity (Wildman–Crippen MR) is 66.7 cm³/mol. The van der Waals surface area contributed by atoms with Gasteiger partial charge in [0.25, 0.3) is 0 Å². The van der Waals surface area contributed by atoms with Crippen molar-refractivity contribution in [3.05, 3.63) is 28.8 Å². The van der Waals surface area contributed by atoms with E-state index in [1.165, 1.54) is 13.2 Å². The molecule has 2 N–H and O–H groups in total. The number of esters is 1. The first-order chi connectivity index (χ1) is 9.32. The maximum absolute atomic E-state index is 12.4. The van der Waals surface area contributed by atoms with E-state index >= 15 is 0 Å². The molecule has 0 unspecified atom stereocenters. The highest BCUT2D eigenvalue weighted by Gasteiger charge is 2.31. The molecule has 0 amide bonds. The van der Waals surface area contributed by atoms with Crippen LogP contribution in [-0.4, -0.2) is 18.6 Å². The van der Waals surface area contributed by atoms with Crippen molar-refractivity contribution in [2.45, 2.75) is 23.4 Å². The number of alkyl halides is 3. The second-order valence-electron chi connectivity index (χ2n) is 3.69. The predicted octanol–water partition coefficient (Wildman–Crippen LogP) is 2.34. The van der Waals surface area contributed by atoms with E-state index in [1.807, 2.05) is 0 Å². The minimum absolute atomic E-state index is 0.137. The Bertz CT molecular complexity index is 553. The third-order valence-corrected chi connectivity index (χ3v) is 3.27. The van der Waals surface area contributed by atoms with E-state index in [2.05, 4.69) is 4.74 Å². The Balaban J connectivity index is 3.27. The second kappa shape index (κ2) is 6.63. The lowest BCUT2D eigenvalue weighted by atomic mass is 9.99. The lowest BCUT2D eigenvalue weighted by Gasteiger charge is -2.13.